The Hall–Kier alpha value is -3.16. The number of thiocarbonyl (C=S) groups is 1. The van der Waals surface area contributed by atoms with Crippen LogP contribution in [0.4, 0.5) is 5.69 Å². The van der Waals surface area contributed by atoms with Crippen LogP contribution in [0, 0.1) is 6.92 Å². The first kappa shape index (κ1) is 22.0. The van der Waals surface area contributed by atoms with E-state index in [1.807, 2.05) is 78.7 Å². The molecule has 0 saturated heterocycles. The number of aromatic amines is 1. The minimum Gasteiger partial charge on any atom is -0.494 e. The first-order valence-electron chi connectivity index (χ1n) is 10.5. The zero-order valence-electron chi connectivity index (χ0n) is 18.1. The summed E-state index contributed by atoms with van der Waals surface area (Å²) in [6, 6.07) is 19.8. The van der Waals surface area contributed by atoms with Crippen molar-refractivity contribution in [2.45, 2.75) is 26.9 Å². The second kappa shape index (κ2) is 9.97. The van der Waals surface area contributed by atoms with Crippen molar-refractivity contribution in [3.8, 4) is 5.75 Å². The Morgan fingerprint density at radius 2 is 1.94 bits per heavy atom. The van der Waals surface area contributed by atoms with Crippen LogP contribution in [0.2, 0.25) is 0 Å². The number of nitrogens with one attached hydrogen (secondary N) is 2. The highest BCUT2D eigenvalue weighted by molar-refractivity contribution is 7.80. The van der Waals surface area contributed by atoms with Crippen LogP contribution in [0.25, 0.3) is 10.9 Å². The van der Waals surface area contributed by atoms with E-state index in [0.717, 1.165) is 22.3 Å². The van der Waals surface area contributed by atoms with Gasteiger partial charge >= 0.3 is 0 Å². The molecule has 2 heterocycles. The van der Waals surface area contributed by atoms with E-state index in [0.29, 0.717) is 30.4 Å². The van der Waals surface area contributed by atoms with Crippen molar-refractivity contribution in [3.05, 3.63) is 92.4 Å². The molecule has 0 aliphatic carbocycles. The van der Waals surface area contributed by atoms with Crippen LogP contribution in [-0.2, 0) is 13.1 Å². The molecule has 2 aromatic heterocycles. The number of fused-ring (bicyclic) bond motifs is 1. The topological polar surface area (TPSA) is 57.4 Å². The zero-order valence-corrected chi connectivity index (χ0v) is 19.7. The Balaban J connectivity index is 1.62. The third-order valence-electron chi connectivity index (χ3n) is 5.08. The predicted molar refractivity (Wildman–Crippen MR) is 137 cm³/mol. The third-order valence-corrected chi connectivity index (χ3v) is 6.30. The highest BCUT2D eigenvalue weighted by Gasteiger charge is 2.15. The van der Waals surface area contributed by atoms with Crippen LogP contribution in [0.15, 0.2) is 70.8 Å². The van der Waals surface area contributed by atoms with Gasteiger partial charge in [0.2, 0.25) is 0 Å². The highest BCUT2D eigenvalue weighted by Crippen LogP contribution is 2.21. The molecule has 4 rings (SSSR count). The van der Waals surface area contributed by atoms with E-state index in [1.165, 1.54) is 10.4 Å². The predicted octanol–water partition coefficient (Wildman–Crippen LogP) is 5.70. The molecule has 0 radical (unpaired) electrons. The maximum absolute atomic E-state index is 12.8. The minimum atomic E-state index is -0.115. The van der Waals surface area contributed by atoms with Crippen molar-refractivity contribution in [2.24, 2.45) is 0 Å². The van der Waals surface area contributed by atoms with Crippen molar-refractivity contribution < 1.29 is 4.74 Å². The van der Waals surface area contributed by atoms with Gasteiger partial charge in [-0.15, -0.1) is 11.3 Å². The second-order valence-electron chi connectivity index (χ2n) is 7.54. The van der Waals surface area contributed by atoms with Gasteiger partial charge in [-0.3, -0.25) is 4.79 Å². The number of aromatic nitrogens is 1. The summed E-state index contributed by atoms with van der Waals surface area (Å²) in [5, 5.41) is 6.86. The van der Waals surface area contributed by atoms with Gasteiger partial charge in [-0.2, -0.15) is 0 Å². The molecule has 4 aromatic rings. The highest BCUT2D eigenvalue weighted by atomic mass is 32.1. The molecule has 2 N–H and O–H groups in total. The van der Waals surface area contributed by atoms with Gasteiger partial charge in [-0.25, -0.2) is 0 Å². The van der Waals surface area contributed by atoms with Crippen LogP contribution >= 0.6 is 23.6 Å². The monoisotopic (exact) mass is 463 g/mol. The summed E-state index contributed by atoms with van der Waals surface area (Å²) in [7, 11) is 0. The van der Waals surface area contributed by atoms with Crippen LogP contribution in [-0.4, -0.2) is 21.6 Å². The lowest BCUT2D eigenvalue weighted by atomic mass is 10.1. The fraction of sp³-hybridized carbons (Fsp3) is 0.200. The van der Waals surface area contributed by atoms with E-state index in [4.69, 9.17) is 17.0 Å². The molecule has 0 bridgehead atoms. The van der Waals surface area contributed by atoms with Crippen LogP contribution < -0.4 is 15.6 Å². The van der Waals surface area contributed by atoms with Gasteiger partial charge < -0.3 is 19.9 Å². The van der Waals surface area contributed by atoms with Gasteiger partial charge in [0.05, 0.1) is 19.7 Å². The lowest BCUT2D eigenvalue weighted by molar-refractivity contribution is 0.340. The summed E-state index contributed by atoms with van der Waals surface area (Å²) in [5.41, 5.74) is 3.43. The molecule has 0 aliphatic heterocycles. The molecule has 32 heavy (non-hydrogen) atoms. The number of H-pyrrole nitrogens is 1. The van der Waals surface area contributed by atoms with Gasteiger partial charge in [0.25, 0.3) is 5.56 Å². The number of hydrogen-bond donors (Lipinski definition) is 2. The Labute approximate surface area is 196 Å². The molecule has 0 saturated carbocycles. The first-order valence-corrected chi connectivity index (χ1v) is 11.7. The molecule has 164 valence electrons. The summed E-state index contributed by atoms with van der Waals surface area (Å²) < 4.78 is 5.62. The Morgan fingerprint density at radius 1 is 1.12 bits per heavy atom. The van der Waals surface area contributed by atoms with Gasteiger partial charge in [-0.1, -0.05) is 23.8 Å². The Bertz CT molecular complexity index is 1260. The molecule has 7 heteroatoms. The molecule has 0 aliphatic rings. The molecular weight excluding hydrogens is 438 g/mol. The SMILES string of the molecule is CCOc1ccc2[nH]c(=O)c(CN(Cc3cccs3)C(=S)Nc3ccc(C)cc3)cc2c1. The number of benzene rings is 2. The lowest BCUT2D eigenvalue weighted by Gasteiger charge is -2.25. The maximum Gasteiger partial charge on any atom is 0.253 e. The lowest BCUT2D eigenvalue weighted by Crippen LogP contribution is -2.35. The minimum absolute atomic E-state index is 0.115. The summed E-state index contributed by atoms with van der Waals surface area (Å²) in [5.74, 6) is 0.782. The number of rotatable bonds is 7. The second-order valence-corrected chi connectivity index (χ2v) is 8.96. The summed E-state index contributed by atoms with van der Waals surface area (Å²) in [4.78, 5) is 19.0. The number of ether oxygens (including phenoxy) is 1. The third kappa shape index (κ3) is 5.36. The van der Waals surface area contributed by atoms with Crippen molar-refractivity contribution >= 4 is 45.3 Å². The number of aryl methyl sites for hydroxylation is 1. The number of pyridine rings is 1. The zero-order chi connectivity index (χ0) is 22.5. The summed E-state index contributed by atoms with van der Waals surface area (Å²) >= 11 is 7.41. The Morgan fingerprint density at radius 3 is 2.66 bits per heavy atom. The number of anilines is 1. The molecule has 2 aromatic carbocycles. The number of nitrogens with zero attached hydrogens (tertiary/aromatic N) is 1. The Kier molecular flexibility index (Phi) is 6.87. The van der Waals surface area contributed by atoms with Crippen LogP contribution in [0.5, 0.6) is 5.75 Å². The van der Waals surface area contributed by atoms with Gasteiger partial charge in [0.1, 0.15) is 5.75 Å². The molecule has 0 fully saturated rings. The van der Waals surface area contributed by atoms with Crippen molar-refractivity contribution in [1.29, 1.82) is 0 Å². The normalized spacial score (nSPS) is 10.8. The number of thiophene rings is 1. The van der Waals surface area contributed by atoms with E-state index in [1.54, 1.807) is 11.3 Å². The quantitative estimate of drug-likeness (QED) is 0.345. The fourth-order valence-corrected chi connectivity index (χ4v) is 4.41. The number of hydrogen-bond acceptors (Lipinski definition) is 4. The van der Waals surface area contributed by atoms with Gasteiger partial charge in [0, 0.05) is 27.0 Å². The van der Waals surface area contributed by atoms with Crippen molar-refractivity contribution in [1.82, 2.24) is 9.88 Å². The smallest absolute Gasteiger partial charge is 0.253 e. The largest absolute Gasteiger partial charge is 0.494 e. The van der Waals surface area contributed by atoms with E-state index in [2.05, 4.69) is 16.4 Å². The van der Waals surface area contributed by atoms with Crippen molar-refractivity contribution in [3.63, 3.8) is 0 Å². The standard InChI is InChI=1S/C25H25N3O2S2/c1-3-30-21-10-11-23-18(14-21)13-19(24(29)27-23)15-28(16-22-5-4-12-32-22)25(31)26-20-8-6-17(2)7-9-20/h4-14H,3,15-16H2,1-2H3,(H,26,31)(H,27,29). The van der Waals surface area contributed by atoms with E-state index in [9.17, 15) is 4.79 Å². The average molecular weight is 464 g/mol. The van der Waals surface area contributed by atoms with Crippen LogP contribution in [0.1, 0.15) is 22.9 Å². The molecule has 0 spiro atoms. The van der Waals surface area contributed by atoms with Crippen molar-refractivity contribution in [2.75, 3.05) is 11.9 Å². The van der Waals surface area contributed by atoms with E-state index in [-0.39, 0.29) is 5.56 Å². The molecule has 5 nitrogen and oxygen atoms in total. The van der Waals surface area contributed by atoms with Crippen LogP contribution in [0.3, 0.4) is 0 Å². The van der Waals surface area contributed by atoms with Gasteiger partial charge in [0.15, 0.2) is 5.11 Å². The molecule has 0 unspecified atom stereocenters. The average Bonchev–Trinajstić information content (AvgIpc) is 3.29. The molecule has 0 amide bonds. The van der Waals surface area contributed by atoms with Gasteiger partial charge in [-0.05, 0) is 73.9 Å². The first-order chi connectivity index (χ1) is 15.5. The maximum atomic E-state index is 12.8. The summed E-state index contributed by atoms with van der Waals surface area (Å²) in [6.07, 6.45) is 0. The molecule has 0 atom stereocenters. The fourth-order valence-electron chi connectivity index (χ4n) is 3.44. The summed E-state index contributed by atoms with van der Waals surface area (Å²) in [6.45, 7) is 5.60. The van der Waals surface area contributed by atoms with E-state index >= 15 is 0 Å². The van der Waals surface area contributed by atoms with E-state index < -0.39 is 0 Å². The molecular formula is C25H25N3O2S2.